The predicted molar refractivity (Wildman–Crippen MR) is 175 cm³/mol. The summed E-state index contributed by atoms with van der Waals surface area (Å²) in [7, 11) is 0. The van der Waals surface area contributed by atoms with Gasteiger partial charge in [-0.1, -0.05) is 121 Å². The first-order valence-corrected chi connectivity index (χ1v) is 14.1. The van der Waals surface area contributed by atoms with Crippen LogP contribution in [0, 0.1) is 6.92 Å². The summed E-state index contributed by atoms with van der Waals surface area (Å²) < 4.78 is 0. The highest BCUT2D eigenvalue weighted by Gasteiger charge is 2.19. The highest BCUT2D eigenvalue weighted by atomic mass is 14.6. The summed E-state index contributed by atoms with van der Waals surface area (Å²) in [5.74, 6) is 0. The Morgan fingerprint density at radius 3 is 1.56 bits per heavy atom. The number of nitrogens with zero attached hydrogens (tertiary/aromatic N) is 1. The first-order valence-electron chi connectivity index (χ1n) is 14.1. The average Bonchev–Trinajstić information content (AvgIpc) is 3.03. The van der Waals surface area contributed by atoms with E-state index < -0.39 is 0 Å². The van der Waals surface area contributed by atoms with Crippen LogP contribution in [0.1, 0.15) is 5.56 Å². The second-order valence-electron chi connectivity index (χ2n) is 10.8. The molecule has 0 fully saturated rings. The van der Waals surface area contributed by atoms with E-state index in [2.05, 4.69) is 145 Å². The molecule has 1 heteroatoms. The van der Waals surface area contributed by atoms with Gasteiger partial charge in [0.25, 0.3) is 0 Å². The Bertz CT molecular complexity index is 2200. The van der Waals surface area contributed by atoms with Gasteiger partial charge in [-0.2, -0.15) is 0 Å². The number of aryl methyl sites for hydroxylation is 1. The quantitative estimate of drug-likeness (QED) is 0.211. The summed E-state index contributed by atoms with van der Waals surface area (Å²) in [6.07, 6.45) is 3.73. The molecule has 0 bridgehead atoms. The predicted octanol–water partition coefficient (Wildman–Crippen LogP) is 11.0. The van der Waals surface area contributed by atoms with Gasteiger partial charge in [0.15, 0.2) is 0 Å². The van der Waals surface area contributed by atoms with E-state index in [-0.39, 0.29) is 0 Å². The van der Waals surface area contributed by atoms with Crippen LogP contribution < -0.4 is 0 Å². The van der Waals surface area contributed by atoms with E-state index in [1.807, 2.05) is 12.4 Å². The van der Waals surface area contributed by atoms with Crippen molar-refractivity contribution in [2.75, 3.05) is 0 Å². The van der Waals surface area contributed by atoms with Crippen LogP contribution in [0.25, 0.3) is 76.5 Å². The molecule has 1 heterocycles. The maximum absolute atomic E-state index is 4.24. The van der Waals surface area contributed by atoms with Crippen molar-refractivity contribution in [3.63, 3.8) is 0 Å². The van der Waals surface area contributed by atoms with Crippen molar-refractivity contribution in [1.29, 1.82) is 0 Å². The van der Waals surface area contributed by atoms with Gasteiger partial charge in [-0.25, -0.2) is 0 Å². The number of rotatable bonds is 3. The van der Waals surface area contributed by atoms with Crippen molar-refractivity contribution >= 4 is 43.1 Å². The van der Waals surface area contributed by atoms with Gasteiger partial charge in [-0.05, 0) is 102 Å². The second kappa shape index (κ2) is 9.43. The highest BCUT2D eigenvalue weighted by molar-refractivity contribution is 6.24. The van der Waals surface area contributed by atoms with E-state index in [4.69, 9.17) is 0 Å². The van der Waals surface area contributed by atoms with Gasteiger partial charge in [-0.15, -0.1) is 0 Å². The molecule has 1 nitrogen and oxygen atoms in total. The fourth-order valence-corrected chi connectivity index (χ4v) is 6.55. The molecule has 0 saturated heterocycles. The topological polar surface area (TPSA) is 12.9 Å². The van der Waals surface area contributed by atoms with Gasteiger partial charge < -0.3 is 0 Å². The highest BCUT2D eigenvalue weighted by Crippen LogP contribution is 2.46. The van der Waals surface area contributed by atoms with E-state index in [1.165, 1.54) is 82.0 Å². The zero-order valence-electron chi connectivity index (χ0n) is 22.8. The summed E-state index contributed by atoms with van der Waals surface area (Å²) in [4.78, 5) is 4.24. The number of fused-ring (bicyclic) bond motifs is 4. The minimum absolute atomic E-state index is 1.18. The molecule has 0 spiro atoms. The van der Waals surface area contributed by atoms with Crippen molar-refractivity contribution in [3.8, 4) is 33.4 Å². The van der Waals surface area contributed by atoms with Crippen LogP contribution in [0.15, 0.2) is 146 Å². The lowest BCUT2D eigenvalue weighted by Gasteiger charge is -2.20. The van der Waals surface area contributed by atoms with Crippen LogP contribution in [0.4, 0.5) is 0 Å². The van der Waals surface area contributed by atoms with Crippen molar-refractivity contribution < 1.29 is 0 Å². The Labute approximate surface area is 239 Å². The molecule has 7 aromatic carbocycles. The molecular weight excluding hydrogens is 494 g/mol. The number of pyridine rings is 1. The SMILES string of the molecule is Cc1ccc2cc(-c3c4ccccc4c(-c4ccc(-c5ccncc5)c5ccccc45)c4ccccc34)ccc2c1. The number of hydrogen-bond acceptors (Lipinski definition) is 1. The van der Waals surface area contributed by atoms with Crippen molar-refractivity contribution in [2.24, 2.45) is 0 Å². The summed E-state index contributed by atoms with van der Waals surface area (Å²) in [6, 6.07) is 49.0. The molecule has 0 saturated carbocycles. The molecule has 0 aliphatic heterocycles. The third-order valence-electron chi connectivity index (χ3n) is 8.40. The largest absolute Gasteiger partial charge is 0.265 e. The first-order chi connectivity index (χ1) is 20.3. The minimum atomic E-state index is 1.18. The molecule has 8 aromatic rings. The van der Waals surface area contributed by atoms with E-state index in [9.17, 15) is 0 Å². The Kier molecular flexibility index (Phi) is 5.43. The van der Waals surface area contributed by atoms with Gasteiger partial charge in [0.1, 0.15) is 0 Å². The van der Waals surface area contributed by atoms with E-state index in [0.717, 1.165) is 0 Å². The molecule has 0 N–H and O–H groups in total. The fourth-order valence-electron chi connectivity index (χ4n) is 6.55. The van der Waals surface area contributed by atoms with Crippen molar-refractivity contribution in [2.45, 2.75) is 6.92 Å². The molecule has 41 heavy (non-hydrogen) atoms. The molecule has 0 aliphatic rings. The lowest BCUT2D eigenvalue weighted by molar-refractivity contribution is 1.33. The van der Waals surface area contributed by atoms with Gasteiger partial charge in [0.05, 0.1) is 0 Å². The van der Waals surface area contributed by atoms with Crippen LogP contribution >= 0.6 is 0 Å². The maximum Gasteiger partial charge on any atom is 0.0273 e. The van der Waals surface area contributed by atoms with E-state index in [1.54, 1.807) is 0 Å². The second-order valence-corrected chi connectivity index (χ2v) is 10.8. The molecule has 0 unspecified atom stereocenters. The Balaban J connectivity index is 1.47. The van der Waals surface area contributed by atoms with Crippen molar-refractivity contribution in [1.82, 2.24) is 4.98 Å². The molecule has 0 atom stereocenters. The summed E-state index contributed by atoms with van der Waals surface area (Å²) in [6.45, 7) is 2.15. The molecule has 0 amide bonds. The third-order valence-corrected chi connectivity index (χ3v) is 8.40. The first kappa shape index (κ1) is 23.6. The fraction of sp³-hybridized carbons (Fsp3) is 0.0250. The Morgan fingerprint density at radius 1 is 0.390 bits per heavy atom. The molecular formula is C40H27N. The van der Waals surface area contributed by atoms with Crippen LogP contribution in [0.5, 0.6) is 0 Å². The smallest absolute Gasteiger partial charge is 0.0273 e. The standard InChI is InChI=1S/C40H27N/c1-26-14-15-29-25-30(17-16-28(29)24-26)39-34-10-4-6-12-36(34)40(37-13-7-5-11-35(37)39)38-19-18-31(27-20-22-41-23-21-27)32-8-2-3-9-33(32)38/h2-25H,1H3. The average molecular weight is 522 g/mol. The zero-order valence-corrected chi connectivity index (χ0v) is 22.8. The van der Waals surface area contributed by atoms with E-state index in [0.29, 0.717) is 0 Å². The third kappa shape index (κ3) is 3.82. The lowest BCUT2D eigenvalue weighted by atomic mass is 9.83. The summed E-state index contributed by atoms with van der Waals surface area (Å²) in [5, 5.41) is 10.1. The van der Waals surface area contributed by atoms with Crippen molar-refractivity contribution in [3.05, 3.63) is 151 Å². The maximum atomic E-state index is 4.24. The van der Waals surface area contributed by atoms with Gasteiger partial charge >= 0.3 is 0 Å². The Morgan fingerprint density at radius 2 is 0.902 bits per heavy atom. The normalized spacial score (nSPS) is 11.5. The van der Waals surface area contributed by atoms with Gasteiger partial charge in [-0.3, -0.25) is 4.98 Å². The molecule has 1 aromatic heterocycles. The number of hydrogen-bond donors (Lipinski definition) is 0. The molecule has 0 aliphatic carbocycles. The molecule has 192 valence electrons. The lowest BCUT2D eigenvalue weighted by Crippen LogP contribution is -1.92. The van der Waals surface area contributed by atoms with Gasteiger partial charge in [0.2, 0.25) is 0 Å². The van der Waals surface area contributed by atoms with Crippen LogP contribution in [0.3, 0.4) is 0 Å². The molecule has 8 rings (SSSR count). The summed E-state index contributed by atoms with van der Waals surface area (Å²) >= 11 is 0. The van der Waals surface area contributed by atoms with E-state index >= 15 is 0 Å². The Hall–Kier alpha value is -5.27. The van der Waals surface area contributed by atoms with Gasteiger partial charge in [0, 0.05) is 12.4 Å². The minimum Gasteiger partial charge on any atom is -0.265 e. The number of aromatic nitrogens is 1. The summed E-state index contributed by atoms with van der Waals surface area (Å²) in [5.41, 5.74) is 8.77. The van der Waals surface area contributed by atoms with Crippen LogP contribution in [0.2, 0.25) is 0 Å². The molecule has 0 radical (unpaired) electrons. The van der Waals surface area contributed by atoms with Crippen LogP contribution in [-0.4, -0.2) is 4.98 Å². The number of benzene rings is 7. The van der Waals surface area contributed by atoms with Crippen LogP contribution in [-0.2, 0) is 0 Å². The zero-order chi connectivity index (χ0) is 27.3. The monoisotopic (exact) mass is 521 g/mol.